The molecule has 0 aromatic carbocycles. The maximum atomic E-state index is 12.5. The molecular formula is C19H26N2O4S. The molecule has 6 nitrogen and oxygen atoms in total. The minimum Gasteiger partial charge on any atom is -0.454 e. The van der Waals surface area contributed by atoms with E-state index in [1.165, 1.54) is 17.8 Å². The number of likely N-dealkylation sites (tertiary alicyclic amines) is 1. The number of hydrogen-bond donors (Lipinski definition) is 1. The van der Waals surface area contributed by atoms with Crippen LogP contribution in [0.4, 0.5) is 0 Å². The van der Waals surface area contributed by atoms with Gasteiger partial charge in [-0.15, -0.1) is 11.3 Å². The second-order valence-electron chi connectivity index (χ2n) is 7.18. The zero-order valence-corrected chi connectivity index (χ0v) is 15.9. The summed E-state index contributed by atoms with van der Waals surface area (Å²) in [6, 6.07) is 3.15. The van der Waals surface area contributed by atoms with Crippen molar-refractivity contribution in [3.05, 3.63) is 22.4 Å². The number of esters is 1. The molecule has 0 bridgehead atoms. The van der Waals surface area contributed by atoms with E-state index < -0.39 is 12.0 Å². The number of nitrogens with zero attached hydrogens (tertiary/aromatic N) is 1. The Balaban J connectivity index is 1.49. The molecule has 1 aromatic rings. The van der Waals surface area contributed by atoms with Crippen molar-refractivity contribution >= 4 is 29.1 Å². The molecular weight excluding hydrogens is 352 g/mol. The SMILES string of the molecule is CC1CCCCC1NC(=O)COC(=O)[C@@H]1CCCN1C(=O)c1cccs1. The second-order valence-corrected chi connectivity index (χ2v) is 8.13. The Morgan fingerprint density at radius 1 is 1.23 bits per heavy atom. The van der Waals surface area contributed by atoms with Crippen LogP contribution in [-0.2, 0) is 14.3 Å². The third-order valence-corrected chi connectivity index (χ3v) is 6.18. The van der Waals surface area contributed by atoms with Crippen molar-refractivity contribution in [1.82, 2.24) is 10.2 Å². The molecule has 7 heteroatoms. The number of ether oxygens (including phenoxy) is 1. The zero-order chi connectivity index (χ0) is 18.5. The van der Waals surface area contributed by atoms with Crippen molar-refractivity contribution < 1.29 is 19.1 Å². The largest absolute Gasteiger partial charge is 0.454 e. The fourth-order valence-electron chi connectivity index (χ4n) is 3.81. The van der Waals surface area contributed by atoms with Gasteiger partial charge in [0.15, 0.2) is 6.61 Å². The van der Waals surface area contributed by atoms with Crippen LogP contribution >= 0.6 is 11.3 Å². The third kappa shape index (κ3) is 4.44. The molecule has 1 saturated heterocycles. The quantitative estimate of drug-likeness (QED) is 0.799. The Kier molecular flexibility index (Phi) is 6.29. The lowest BCUT2D eigenvalue weighted by Gasteiger charge is -2.29. The number of hydrogen-bond acceptors (Lipinski definition) is 5. The summed E-state index contributed by atoms with van der Waals surface area (Å²) in [5, 5.41) is 4.82. The highest BCUT2D eigenvalue weighted by Gasteiger charge is 2.36. The molecule has 3 rings (SSSR count). The lowest BCUT2D eigenvalue weighted by molar-refractivity contribution is -0.152. The number of carbonyl (C=O) groups is 3. The van der Waals surface area contributed by atoms with Crippen LogP contribution in [0.25, 0.3) is 0 Å². The van der Waals surface area contributed by atoms with Crippen LogP contribution in [0, 0.1) is 5.92 Å². The minimum absolute atomic E-state index is 0.139. The molecule has 3 atom stereocenters. The average Bonchev–Trinajstić information content (AvgIpc) is 3.33. The summed E-state index contributed by atoms with van der Waals surface area (Å²) >= 11 is 1.36. The highest BCUT2D eigenvalue weighted by atomic mass is 32.1. The van der Waals surface area contributed by atoms with Gasteiger partial charge in [-0.05, 0) is 43.0 Å². The third-order valence-electron chi connectivity index (χ3n) is 5.32. The standard InChI is InChI=1S/C19H26N2O4S/c1-13-6-2-3-7-14(13)20-17(22)12-25-19(24)15-8-4-10-21(15)18(23)16-9-5-11-26-16/h5,9,11,13-15H,2-4,6-8,10,12H2,1H3,(H,20,22)/t13?,14?,15-/m0/s1. The highest BCUT2D eigenvalue weighted by molar-refractivity contribution is 7.12. The lowest BCUT2D eigenvalue weighted by atomic mass is 9.86. The molecule has 1 N–H and O–H groups in total. The van der Waals surface area contributed by atoms with Crippen molar-refractivity contribution in [2.24, 2.45) is 5.92 Å². The Bertz CT molecular complexity index is 646. The van der Waals surface area contributed by atoms with E-state index in [4.69, 9.17) is 4.74 Å². The topological polar surface area (TPSA) is 75.7 Å². The Morgan fingerprint density at radius 3 is 2.77 bits per heavy atom. The summed E-state index contributed by atoms with van der Waals surface area (Å²) in [4.78, 5) is 39.2. The van der Waals surface area contributed by atoms with Gasteiger partial charge in [-0.3, -0.25) is 9.59 Å². The highest BCUT2D eigenvalue weighted by Crippen LogP contribution is 2.24. The van der Waals surface area contributed by atoms with Crippen molar-refractivity contribution in [1.29, 1.82) is 0 Å². The van der Waals surface area contributed by atoms with Crippen LogP contribution in [0.15, 0.2) is 17.5 Å². The van der Waals surface area contributed by atoms with E-state index in [9.17, 15) is 14.4 Å². The van der Waals surface area contributed by atoms with Gasteiger partial charge in [0, 0.05) is 12.6 Å². The van der Waals surface area contributed by atoms with Gasteiger partial charge >= 0.3 is 5.97 Å². The number of nitrogens with one attached hydrogen (secondary N) is 1. The van der Waals surface area contributed by atoms with E-state index in [0.717, 1.165) is 25.7 Å². The van der Waals surface area contributed by atoms with Gasteiger partial charge in [-0.2, -0.15) is 0 Å². The zero-order valence-electron chi connectivity index (χ0n) is 15.1. The first kappa shape index (κ1) is 18.9. The van der Waals surface area contributed by atoms with Crippen molar-refractivity contribution in [2.45, 2.75) is 57.5 Å². The van der Waals surface area contributed by atoms with Gasteiger partial charge in [0.25, 0.3) is 11.8 Å². The molecule has 2 unspecified atom stereocenters. The molecule has 142 valence electrons. The molecule has 26 heavy (non-hydrogen) atoms. The number of thiophene rings is 1. The first-order valence-corrected chi connectivity index (χ1v) is 10.2. The summed E-state index contributed by atoms with van der Waals surface area (Å²) in [7, 11) is 0. The summed E-state index contributed by atoms with van der Waals surface area (Å²) in [5.41, 5.74) is 0. The van der Waals surface area contributed by atoms with Gasteiger partial charge in [0.1, 0.15) is 6.04 Å². The van der Waals surface area contributed by atoms with Gasteiger partial charge in [0.05, 0.1) is 4.88 Å². The molecule has 1 aliphatic heterocycles. The van der Waals surface area contributed by atoms with Crippen molar-refractivity contribution in [2.75, 3.05) is 13.2 Å². The minimum atomic E-state index is -0.592. The maximum absolute atomic E-state index is 12.5. The first-order valence-electron chi connectivity index (χ1n) is 9.36. The Hall–Kier alpha value is -1.89. The van der Waals surface area contributed by atoms with Crippen molar-refractivity contribution in [3.8, 4) is 0 Å². The summed E-state index contributed by atoms with van der Waals surface area (Å²) < 4.78 is 5.22. The first-order chi connectivity index (χ1) is 12.6. The summed E-state index contributed by atoms with van der Waals surface area (Å²) in [5.74, 6) is -0.428. The van der Waals surface area contributed by atoms with Crippen LogP contribution in [0.5, 0.6) is 0 Å². The maximum Gasteiger partial charge on any atom is 0.329 e. The van der Waals surface area contributed by atoms with Gasteiger partial charge < -0.3 is 15.0 Å². The fraction of sp³-hybridized carbons (Fsp3) is 0.632. The number of rotatable bonds is 5. The van der Waals surface area contributed by atoms with Gasteiger partial charge in [-0.25, -0.2) is 4.79 Å². The molecule has 0 spiro atoms. The van der Waals surface area contributed by atoms with E-state index in [1.54, 1.807) is 11.0 Å². The van der Waals surface area contributed by atoms with Crippen LogP contribution in [0.3, 0.4) is 0 Å². The predicted molar refractivity (Wildman–Crippen MR) is 98.9 cm³/mol. The van der Waals surface area contributed by atoms with E-state index in [2.05, 4.69) is 12.2 Å². The summed E-state index contributed by atoms with van der Waals surface area (Å²) in [6.45, 7) is 2.41. The molecule has 1 aromatic heterocycles. The van der Waals surface area contributed by atoms with Gasteiger partial charge in [-0.1, -0.05) is 25.8 Å². The lowest BCUT2D eigenvalue weighted by Crippen LogP contribution is -2.45. The number of amides is 2. The smallest absolute Gasteiger partial charge is 0.329 e. The molecule has 1 aliphatic carbocycles. The van der Waals surface area contributed by atoms with Crippen molar-refractivity contribution in [3.63, 3.8) is 0 Å². The normalized spacial score (nSPS) is 25.7. The molecule has 1 saturated carbocycles. The van der Waals surface area contributed by atoms with Gasteiger partial charge in [0.2, 0.25) is 0 Å². The molecule has 0 radical (unpaired) electrons. The molecule has 2 heterocycles. The van der Waals surface area contributed by atoms with E-state index in [-0.39, 0.29) is 24.5 Å². The van der Waals surface area contributed by atoms with E-state index in [0.29, 0.717) is 23.8 Å². The monoisotopic (exact) mass is 378 g/mol. The number of carbonyl (C=O) groups excluding carboxylic acids is 3. The molecule has 2 amide bonds. The van der Waals surface area contributed by atoms with Crippen LogP contribution < -0.4 is 5.32 Å². The Morgan fingerprint density at radius 2 is 2.04 bits per heavy atom. The van der Waals surface area contributed by atoms with Crippen LogP contribution in [0.2, 0.25) is 0 Å². The second kappa shape index (κ2) is 8.66. The fourth-order valence-corrected chi connectivity index (χ4v) is 4.49. The predicted octanol–water partition coefficient (Wildman–Crippen LogP) is 2.59. The van der Waals surface area contributed by atoms with E-state index >= 15 is 0 Å². The Labute approximate surface area is 157 Å². The average molecular weight is 378 g/mol. The van der Waals surface area contributed by atoms with E-state index in [1.807, 2.05) is 11.4 Å². The van der Waals surface area contributed by atoms with Crippen LogP contribution in [-0.4, -0.2) is 47.9 Å². The molecule has 2 aliphatic rings. The van der Waals surface area contributed by atoms with Crippen LogP contribution in [0.1, 0.15) is 55.1 Å². The summed E-state index contributed by atoms with van der Waals surface area (Å²) in [6.07, 6.45) is 5.77. The molecule has 2 fully saturated rings.